The molecule has 0 bridgehead atoms. The number of ether oxygens (including phenoxy) is 1. The van der Waals surface area contributed by atoms with Gasteiger partial charge in [-0.2, -0.15) is 0 Å². The van der Waals surface area contributed by atoms with Crippen LogP contribution in [0.1, 0.15) is 24.0 Å². The Labute approximate surface area is 139 Å². The molecule has 23 heavy (non-hydrogen) atoms. The van der Waals surface area contributed by atoms with Crippen LogP contribution in [0.4, 0.5) is 0 Å². The molecule has 2 nitrogen and oxygen atoms in total. The first-order valence-corrected chi connectivity index (χ1v) is 8.38. The van der Waals surface area contributed by atoms with Crippen LogP contribution in [-0.4, -0.2) is 24.6 Å². The van der Waals surface area contributed by atoms with Gasteiger partial charge in [0.2, 0.25) is 0 Å². The molecule has 0 aromatic heterocycles. The van der Waals surface area contributed by atoms with Crippen LogP contribution in [0.5, 0.6) is 0 Å². The number of hydrogen-bond donors (Lipinski definition) is 0. The molecule has 1 heterocycles. The fourth-order valence-electron chi connectivity index (χ4n) is 3.39. The van der Waals surface area contributed by atoms with Crippen LogP contribution < -0.4 is 0 Å². The molecule has 2 heteroatoms. The van der Waals surface area contributed by atoms with Gasteiger partial charge in [-0.3, -0.25) is 4.90 Å². The third-order valence-electron chi connectivity index (χ3n) is 4.56. The minimum absolute atomic E-state index is 0.535. The van der Waals surface area contributed by atoms with Crippen molar-refractivity contribution in [1.82, 2.24) is 4.90 Å². The van der Waals surface area contributed by atoms with E-state index in [-0.39, 0.29) is 0 Å². The molecule has 1 aliphatic heterocycles. The molecule has 0 spiro atoms. The highest BCUT2D eigenvalue weighted by Gasteiger charge is 2.25. The van der Waals surface area contributed by atoms with E-state index in [1.807, 2.05) is 6.26 Å². The Balaban J connectivity index is 1.74. The van der Waals surface area contributed by atoms with Gasteiger partial charge in [-0.1, -0.05) is 60.7 Å². The summed E-state index contributed by atoms with van der Waals surface area (Å²) in [4.78, 5) is 2.62. The van der Waals surface area contributed by atoms with Crippen molar-refractivity contribution in [3.63, 3.8) is 0 Å². The summed E-state index contributed by atoms with van der Waals surface area (Å²) in [6.07, 6.45) is 5.23. The molecule has 0 N–H and O–H groups in total. The fraction of sp³-hybridized carbons (Fsp3) is 0.333. The van der Waals surface area contributed by atoms with E-state index in [1.165, 1.54) is 16.7 Å². The van der Waals surface area contributed by atoms with Crippen LogP contribution in [0.15, 0.2) is 72.5 Å². The predicted molar refractivity (Wildman–Crippen MR) is 95.1 cm³/mol. The monoisotopic (exact) mass is 307 g/mol. The van der Waals surface area contributed by atoms with Gasteiger partial charge in [0.15, 0.2) is 0 Å². The van der Waals surface area contributed by atoms with E-state index in [0.717, 1.165) is 32.4 Å². The highest BCUT2D eigenvalue weighted by Crippen LogP contribution is 2.26. The molecule has 0 amide bonds. The summed E-state index contributed by atoms with van der Waals surface area (Å²) in [6.45, 7) is 2.13. The van der Waals surface area contributed by atoms with E-state index in [0.29, 0.717) is 6.04 Å². The smallest absolute Gasteiger partial charge is 0.0817 e. The van der Waals surface area contributed by atoms with Crippen molar-refractivity contribution in [3.05, 3.63) is 83.6 Å². The fourth-order valence-corrected chi connectivity index (χ4v) is 3.39. The van der Waals surface area contributed by atoms with Crippen LogP contribution >= 0.6 is 0 Å². The summed E-state index contributed by atoms with van der Waals surface area (Å²) in [5, 5.41) is 0. The zero-order valence-electron chi connectivity index (χ0n) is 13.8. The zero-order chi connectivity index (χ0) is 15.9. The standard InChI is InChI=1S/C21H25NO/c1-23-17-20-12-13-22(16-19-10-6-3-7-11-19)21(15-20)14-18-8-4-2-5-9-18/h2-11,17,21H,12-16H2,1H3. The molecule has 120 valence electrons. The Hall–Kier alpha value is -2.06. The summed E-state index contributed by atoms with van der Waals surface area (Å²) in [6, 6.07) is 22.1. The maximum absolute atomic E-state index is 5.25. The average molecular weight is 307 g/mol. The average Bonchev–Trinajstić information content (AvgIpc) is 2.59. The minimum atomic E-state index is 0.535. The largest absolute Gasteiger partial charge is 0.504 e. The Bertz CT molecular complexity index is 621. The van der Waals surface area contributed by atoms with Gasteiger partial charge in [-0.25, -0.2) is 0 Å². The summed E-state index contributed by atoms with van der Waals surface area (Å²) in [5.74, 6) is 0. The molecule has 1 aliphatic rings. The summed E-state index contributed by atoms with van der Waals surface area (Å²) < 4.78 is 5.25. The molecule has 1 atom stereocenters. The molecule has 1 fully saturated rings. The van der Waals surface area contributed by atoms with Gasteiger partial charge in [-0.05, 0) is 36.0 Å². The van der Waals surface area contributed by atoms with Crippen LogP contribution in [0.2, 0.25) is 0 Å². The van der Waals surface area contributed by atoms with Crippen molar-refractivity contribution in [2.75, 3.05) is 13.7 Å². The molecular formula is C21H25NO. The van der Waals surface area contributed by atoms with Gasteiger partial charge in [-0.15, -0.1) is 0 Å². The Morgan fingerprint density at radius 1 is 1.00 bits per heavy atom. The molecule has 2 aromatic rings. The Morgan fingerprint density at radius 3 is 2.30 bits per heavy atom. The number of rotatable bonds is 5. The van der Waals surface area contributed by atoms with Gasteiger partial charge >= 0.3 is 0 Å². The van der Waals surface area contributed by atoms with Crippen molar-refractivity contribution >= 4 is 0 Å². The van der Waals surface area contributed by atoms with Gasteiger partial charge in [0.1, 0.15) is 0 Å². The van der Waals surface area contributed by atoms with Crippen molar-refractivity contribution in [1.29, 1.82) is 0 Å². The second-order valence-corrected chi connectivity index (χ2v) is 6.27. The van der Waals surface area contributed by atoms with Gasteiger partial charge in [0.05, 0.1) is 13.4 Å². The van der Waals surface area contributed by atoms with E-state index < -0.39 is 0 Å². The lowest BCUT2D eigenvalue weighted by atomic mass is 9.92. The molecule has 1 saturated heterocycles. The molecular weight excluding hydrogens is 282 g/mol. The van der Waals surface area contributed by atoms with Crippen molar-refractivity contribution in [2.45, 2.75) is 31.8 Å². The number of nitrogens with zero attached hydrogens (tertiary/aromatic N) is 1. The summed E-state index contributed by atoms with van der Waals surface area (Å²) in [5.41, 5.74) is 4.23. The molecule has 3 rings (SSSR count). The first kappa shape index (κ1) is 15.8. The lowest BCUT2D eigenvalue weighted by molar-refractivity contribution is 0.160. The lowest BCUT2D eigenvalue weighted by Gasteiger charge is -2.37. The maximum Gasteiger partial charge on any atom is 0.0817 e. The predicted octanol–water partition coefficient (Wildman–Crippen LogP) is 4.42. The van der Waals surface area contributed by atoms with Crippen LogP contribution in [0.25, 0.3) is 0 Å². The minimum Gasteiger partial charge on any atom is -0.504 e. The topological polar surface area (TPSA) is 12.5 Å². The van der Waals surface area contributed by atoms with E-state index in [1.54, 1.807) is 7.11 Å². The SMILES string of the molecule is COC=C1CCN(Cc2ccccc2)C(Cc2ccccc2)C1. The molecule has 0 radical (unpaired) electrons. The molecule has 1 unspecified atom stereocenters. The third kappa shape index (κ3) is 4.46. The highest BCUT2D eigenvalue weighted by molar-refractivity contribution is 5.19. The van der Waals surface area contributed by atoms with Gasteiger partial charge < -0.3 is 4.74 Å². The number of piperidine rings is 1. The normalized spacial score (nSPS) is 20.6. The first-order chi connectivity index (χ1) is 11.3. The lowest BCUT2D eigenvalue weighted by Crippen LogP contribution is -2.41. The van der Waals surface area contributed by atoms with E-state index in [9.17, 15) is 0 Å². The van der Waals surface area contributed by atoms with Crippen LogP contribution in [-0.2, 0) is 17.7 Å². The Kier molecular flexibility index (Phi) is 5.49. The maximum atomic E-state index is 5.25. The van der Waals surface area contributed by atoms with Crippen molar-refractivity contribution < 1.29 is 4.74 Å². The summed E-state index contributed by atoms with van der Waals surface area (Å²) in [7, 11) is 1.75. The quantitative estimate of drug-likeness (QED) is 0.758. The third-order valence-corrected chi connectivity index (χ3v) is 4.56. The van der Waals surface area contributed by atoms with Crippen molar-refractivity contribution in [2.24, 2.45) is 0 Å². The van der Waals surface area contributed by atoms with E-state index >= 15 is 0 Å². The number of hydrogen-bond acceptors (Lipinski definition) is 2. The summed E-state index contributed by atoms with van der Waals surface area (Å²) >= 11 is 0. The number of likely N-dealkylation sites (tertiary alicyclic amines) is 1. The molecule has 0 saturated carbocycles. The number of methoxy groups -OCH3 is 1. The van der Waals surface area contributed by atoms with E-state index in [4.69, 9.17) is 4.74 Å². The zero-order valence-corrected chi connectivity index (χ0v) is 13.8. The Morgan fingerprint density at radius 2 is 1.65 bits per heavy atom. The van der Waals surface area contributed by atoms with Gasteiger partial charge in [0.25, 0.3) is 0 Å². The van der Waals surface area contributed by atoms with E-state index in [2.05, 4.69) is 65.6 Å². The second kappa shape index (κ2) is 7.98. The highest BCUT2D eigenvalue weighted by atomic mass is 16.5. The molecule has 0 aliphatic carbocycles. The van der Waals surface area contributed by atoms with Crippen LogP contribution in [0.3, 0.4) is 0 Å². The van der Waals surface area contributed by atoms with Gasteiger partial charge in [0, 0.05) is 19.1 Å². The number of benzene rings is 2. The first-order valence-electron chi connectivity index (χ1n) is 8.38. The van der Waals surface area contributed by atoms with Crippen LogP contribution in [0, 0.1) is 0 Å². The second-order valence-electron chi connectivity index (χ2n) is 6.27. The molecule has 2 aromatic carbocycles. The van der Waals surface area contributed by atoms with Crippen molar-refractivity contribution in [3.8, 4) is 0 Å².